The number of ether oxygens (including phenoxy) is 1. The quantitative estimate of drug-likeness (QED) is 0.583. The van der Waals surface area contributed by atoms with Crippen LogP contribution in [0.15, 0.2) is 59.4 Å². The molecule has 33 heavy (non-hydrogen) atoms. The first-order chi connectivity index (χ1) is 16.1. The molecule has 3 heterocycles. The summed E-state index contributed by atoms with van der Waals surface area (Å²) in [5, 5.41) is 1.80. The fraction of sp³-hybridized carbons (Fsp3) is 0.320. The lowest BCUT2D eigenvalue weighted by Gasteiger charge is -2.48. The van der Waals surface area contributed by atoms with Crippen molar-refractivity contribution in [1.29, 1.82) is 0 Å². The average molecular weight is 463 g/mol. The number of hydrogen-bond acceptors (Lipinski definition) is 6. The lowest BCUT2D eigenvalue weighted by molar-refractivity contribution is 0.00844. The Labute approximate surface area is 197 Å². The fourth-order valence-corrected chi connectivity index (χ4v) is 5.02. The zero-order valence-corrected chi connectivity index (χ0v) is 19.3. The van der Waals surface area contributed by atoms with Crippen LogP contribution in [0.4, 0.5) is 0 Å². The molecule has 0 atom stereocenters. The molecule has 0 bridgehead atoms. The molecule has 0 aliphatic carbocycles. The van der Waals surface area contributed by atoms with Gasteiger partial charge in [-0.2, -0.15) is 0 Å². The highest BCUT2D eigenvalue weighted by atomic mass is 32.1. The van der Waals surface area contributed by atoms with Gasteiger partial charge >= 0.3 is 0 Å². The number of likely N-dealkylation sites (tertiary alicyclic amines) is 1. The third-order valence-electron chi connectivity index (χ3n) is 6.45. The van der Waals surface area contributed by atoms with Crippen molar-refractivity contribution < 1.29 is 14.3 Å². The summed E-state index contributed by atoms with van der Waals surface area (Å²) >= 11 is 1.44. The highest BCUT2D eigenvalue weighted by molar-refractivity contribution is 7.07. The van der Waals surface area contributed by atoms with E-state index in [1.165, 1.54) is 11.3 Å². The number of carbonyl (C=O) groups is 2. The lowest BCUT2D eigenvalue weighted by atomic mass is 9.99. The summed E-state index contributed by atoms with van der Waals surface area (Å²) in [5.41, 5.74) is 4.84. The van der Waals surface area contributed by atoms with E-state index >= 15 is 0 Å². The summed E-state index contributed by atoms with van der Waals surface area (Å²) in [7, 11) is 1.65. The molecular weight excluding hydrogens is 436 g/mol. The van der Waals surface area contributed by atoms with Gasteiger partial charge in [0.25, 0.3) is 11.8 Å². The maximum absolute atomic E-state index is 13.1. The molecule has 1 aromatic heterocycles. The number of benzene rings is 2. The minimum absolute atomic E-state index is 0.00930. The van der Waals surface area contributed by atoms with Crippen molar-refractivity contribution in [1.82, 2.24) is 19.7 Å². The van der Waals surface area contributed by atoms with Gasteiger partial charge in [0.15, 0.2) is 0 Å². The van der Waals surface area contributed by atoms with E-state index < -0.39 is 0 Å². The van der Waals surface area contributed by atoms with Gasteiger partial charge in [0, 0.05) is 61.8 Å². The molecule has 170 valence electrons. The Bertz CT molecular complexity index is 1120. The number of rotatable bonds is 5. The summed E-state index contributed by atoms with van der Waals surface area (Å²) in [6, 6.07) is 15.9. The maximum atomic E-state index is 13.1. The van der Waals surface area contributed by atoms with Gasteiger partial charge in [-0.3, -0.25) is 14.5 Å². The monoisotopic (exact) mass is 462 g/mol. The Morgan fingerprint density at radius 3 is 2.39 bits per heavy atom. The summed E-state index contributed by atoms with van der Waals surface area (Å²) in [5.74, 6) is 0.808. The maximum Gasteiger partial charge on any atom is 0.273 e. The van der Waals surface area contributed by atoms with Crippen molar-refractivity contribution in [3.05, 3.63) is 70.7 Å². The number of carbonyl (C=O) groups excluding carboxylic acids is 2. The van der Waals surface area contributed by atoms with E-state index in [2.05, 4.69) is 9.88 Å². The van der Waals surface area contributed by atoms with E-state index in [0.717, 1.165) is 30.0 Å². The first-order valence-corrected chi connectivity index (χ1v) is 12.0. The molecule has 5 rings (SSSR count). The van der Waals surface area contributed by atoms with Crippen molar-refractivity contribution >= 4 is 23.2 Å². The zero-order chi connectivity index (χ0) is 22.8. The molecule has 0 saturated carbocycles. The third kappa shape index (κ3) is 4.36. The predicted molar refractivity (Wildman–Crippen MR) is 128 cm³/mol. The van der Waals surface area contributed by atoms with Crippen LogP contribution in [-0.2, 0) is 0 Å². The van der Waals surface area contributed by atoms with E-state index in [-0.39, 0.29) is 11.8 Å². The second kappa shape index (κ2) is 9.33. The topological polar surface area (TPSA) is 66.0 Å². The third-order valence-corrected chi connectivity index (χ3v) is 7.04. The van der Waals surface area contributed by atoms with E-state index in [1.807, 2.05) is 58.3 Å². The smallest absolute Gasteiger partial charge is 0.273 e. The summed E-state index contributed by atoms with van der Waals surface area (Å²) < 4.78 is 5.52. The number of methoxy groups -OCH3 is 1. The molecular formula is C25H26N4O3S. The van der Waals surface area contributed by atoms with Crippen molar-refractivity contribution in [2.24, 2.45) is 0 Å². The molecule has 2 saturated heterocycles. The van der Waals surface area contributed by atoms with Crippen molar-refractivity contribution in [3.8, 4) is 16.9 Å². The van der Waals surface area contributed by atoms with Gasteiger partial charge < -0.3 is 14.5 Å². The van der Waals surface area contributed by atoms with Crippen molar-refractivity contribution in [3.63, 3.8) is 0 Å². The number of nitrogens with zero attached hydrogens (tertiary/aromatic N) is 4. The summed E-state index contributed by atoms with van der Waals surface area (Å²) in [6.07, 6.45) is 0. The van der Waals surface area contributed by atoms with Gasteiger partial charge in [-0.25, -0.2) is 4.98 Å². The lowest BCUT2D eigenvalue weighted by Crippen LogP contribution is -2.64. The highest BCUT2D eigenvalue weighted by Crippen LogP contribution is 2.32. The van der Waals surface area contributed by atoms with Crippen molar-refractivity contribution in [2.75, 3.05) is 46.4 Å². The van der Waals surface area contributed by atoms with Crippen LogP contribution < -0.4 is 4.74 Å². The van der Waals surface area contributed by atoms with Crippen LogP contribution in [0.1, 0.15) is 20.8 Å². The predicted octanol–water partition coefficient (Wildman–Crippen LogP) is 3.10. The van der Waals surface area contributed by atoms with Crippen LogP contribution >= 0.6 is 11.3 Å². The van der Waals surface area contributed by atoms with E-state index in [1.54, 1.807) is 18.0 Å². The molecule has 2 aromatic carbocycles. The van der Waals surface area contributed by atoms with Gasteiger partial charge in [0.05, 0.1) is 12.6 Å². The van der Waals surface area contributed by atoms with E-state index in [9.17, 15) is 9.59 Å². The molecule has 2 amide bonds. The van der Waals surface area contributed by atoms with Gasteiger partial charge in [0.2, 0.25) is 0 Å². The first kappa shape index (κ1) is 21.6. The van der Waals surface area contributed by atoms with Crippen LogP contribution in [0, 0.1) is 0 Å². The Kier molecular flexibility index (Phi) is 6.11. The molecule has 8 heteroatoms. The Morgan fingerprint density at radius 1 is 0.970 bits per heavy atom. The molecule has 2 aliphatic heterocycles. The minimum atomic E-state index is 0.00930. The van der Waals surface area contributed by atoms with Crippen LogP contribution in [0.25, 0.3) is 11.1 Å². The van der Waals surface area contributed by atoms with Gasteiger partial charge in [-0.15, -0.1) is 11.3 Å². The number of thiazole rings is 1. The van der Waals surface area contributed by atoms with Gasteiger partial charge in [-0.1, -0.05) is 30.3 Å². The van der Waals surface area contributed by atoms with Crippen LogP contribution in [0.2, 0.25) is 0 Å². The zero-order valence-electron chi connectivity index (χ0n) is 18.5. The Morgan fingerprint density at radius 2 is 1.73 bits per heavy atom. The molecule has 0 spiro atoms. The van der Waals surface area contributed by atoms with Crippen LogP contribution in [-0.4, -0.2) is 83.9 Å². The molecule has 0 radical (unpaired) electrons. The minimum Gasteiger partial charge on any atom is -0.496 e. The van der Waals surface area contributed by atoms with Gasteiger partial charge in [-0.05, 0) is 23.8 Å². The summed E-state index contributed by atoms with van der Waals surface area (Å²) in [4.78, 5) is 35.9. The number of aromatic nitrogens is 1. The fourth-order valence-electron chi connectivity index (χ4n) is 4.49. The molecule has 0 N–H and O–H groups in total. The van der Waals surface area contributed by atoms with Crippen molar-refractivity contribution in [2.45, 2.75) is 6.04 Å². The second-order valence-electron chi connectivity index (χ2n) is 8.35. The van der Waals surface area contributed by atoms with Gasteiger partial charge in [0.1, 0.15) is 11.4 Å². The largest absolute Gasteiger partial charge is 0.496 e. The number of piperazine rings is 1. The highest BCUT2D eigenvalue weighted by Gasteiger charge is 2.37. The second-order valence-corrected chi connectivity index (χ2v) is 9.07. The number of amides is 2. The molecule has 3 aromatic rings. The van der Waals surface area contributed by atoms with E-state index in [4.69, 9.17) is 4.74 Å². The van der Waals surface area contributed by atoms with Crippen LogP contribution in [0.3, 0.4) is 0 Å². The molecule has 0 unspecified atom stereocenters. The number of hydrogen-bond donors (Lipinski definition) is 0. The van der Waals surface area contributed by atoms with Crippen LogP contribution in [0.5, 0.6) is 5.75 Å². The molecule has 2 aliphatic rings. The summed E-state index contributed by atoms with van der Waals surface area (Å²) in [6.45, 7) is 4.46. The Hall–Kier alpha value is -3.23. The normalized spacial score (nSPS) is 17.0. The SMILES string of the molecule is COc1ccc(C(=O)N2CC(N3CCN(C(=O)c4cscn4)CC3)C2)cc1-c1ccccc1. The molecule has 7 nitrogen and oxygen atoms in total. The standard InChI is InChI=1S/C25H26N4O3S/c1-32-23-8-7-19(13-21(23)18-5-3-2-4-6-18)24(30)29-14-20(15-29)27-9-11-28(12-10-27)25(31)22-16-33-17-26-22/h2-8,13,16-17,20H,9-12,14-15H2,1H3. The first-order valence-electron chi connectivity index (χ1n) is 11.1. The average Bonchev–Trinajstić information content (AvgIpc) is 3.38. The Balaban J connectivity index is 1.18. The molecule has 2 fully saturated rings. The van der Waals surface area contributed by atoms with E-state index in [0.29, 0.717) is 43.5 Å².